The Morgan fingerprint density at radius 3 is 2.44 bits per heavy atom. The summed E-state index contributed by atoms with van der Waals surface area (Å²) in [4.78, 5) is 20.9. The summed E-state index contributed by atoms with van der Waals surface area (Å²) < 4.78 is 24.5. The molecule has 3 heterocycles. The van der Waals surface area contributed by atoms with Crippen LogP contribution in [0, 0.1) is 0 Å². The molecule has 7 nitrogen and oxygen atoms in total. The predicted octanol–water partition coefficient (Wildman–Crippen LogP) is 0.718. The number of aromatic nitrogens is 1. The molecule has 0 radical (unpaired) electrons. The summed E-state index contributed by atoms with van der Waals surface area (Å²) in [6.45, 7) is 3.83. The third-order valence-electron chi connectivity index (χ3n) is 4.93. The van der Waals surface area contributed by atoms with E-state index in [1.165, 1.54) is 23.4 Å². The van der Waals surface area contributed by atoms with Crippen LogP contribution in [-0.2, 0) is 21.2 Å². The number of amides is 1. The summed E-state index contributed by atoms with van der Waals surface area (Å²) in [6, 6.07) is 4.05. The molecule has 25 heavy (non-hydrogen) atoms. The van der Waals surface area contributed by atoms with Crippen LogP contribution in [0.5, 0.6) is 0 Å². The molecule has 2 aliphatic rings. The summed E-state index contributed by atoms with van der Waals surface area (Å²) >= 11 is 0. The highest BCUT2D eigenvalue weighted by molar-refractivity contribution is 7.88. The monoisotopic (exact) mass is 366 g/mol. The molecule has 8 heteroatoms. The average molecular weight is 366 g/mol. The van der Waals surface area contributed by atoms with E-state index in [9.17, 15) is 13.2 Å². The number of carbonyl (C=O) groups is 1. The van der Waals surface area contributed by atoms with Gasteiger partial charge in [0.2, 0.25) is 15.9 Å². The second-order valence-electron chi connectivity index (χ2n) is 6.76. The maximum atomic E-state index is 12.4. The third-order valence-corrected chi connectivity index (χ3v) is 6.23. The van der Waals surface area contributed by atoms with Crippen molar-refractivity contribution in [2.75, 3.05) is 50.4 Å². The minimum Gasteiger partial charge on any atom is -0.357 e. The molecule has 1 aromatic heterocycles. The first-order valence-corrected chi connectivity index (χ1v) is 10.7. The molecule has 0 aliphatic carbocycles. The normalized spacial score (nSPS) is 19.4. The predicted molar refractivity (Wildman–Crippen MR) is 97.0 cm³/mol. The maximum Gasteiger partial charge on any atom is 0.222 e. The zero-order chi connectivity index (χ0) is 17.9. The van der Waals surface area contributed by atoms with E-state index >= 15 is 0 Å². The van der Waals surface area contributed by atoms with Crippen LogP contribution in [0.2, 0.25) is 0 Å². The van der Waals surface area contributed by atoms with Gasteiger partial charge in [-0.2, -0.15) is 4.31 Å². The van der Waals surface area contributed by atoms with Gasteiger partial charge in [-0.3, -0.25) is 4.79 Å². The van der Waals surface area contributed by atoms with Gasteiger partial charge in [0.1, 0.15) is 5.82 Å². The van der Waals surface area contributed by atoms with Gasteiger partial charge in [-0.1, -0.05) is 0 Å². The largest absolute Gasteiger partial charge is 0.357 e. The van der Waals surface area contributed by atoms with Crippen LogP contribution in [0.1, 0.15) is 24.8 Å². The van der Waals surface area contributed by atoms with Crippen LogP contribution in [-0.4, -0.2) is 74.0 Å². The van der Waals surface area contributed by atoms with E-state index in [0.717, 1.165) is 24.5 Å². The van der Waals surface area contributed by atoms with Crippen LogP contribution in [0.3, 0.4) is 0 Å². The molecule has 138 valence electrons. The third kappa shape index (κ3) is 4.70. The van der Waals surface area contributed by atoms with E-state index in [0.29, 0.717) is 39.0 Å². The Hall–Kier alpha value is -1.67. The van der Waals surface area contributed by atoms with Gasteiger partial charge in [0.15, 0.2) is 0 Å². The van der Waals surface area contributed by atoms with E-state index in [1.807, 2.05) is 12.3 Å². The Labute approximate surface area is 149 Å². The van der Waals surface area contributed by atoms with E-state index in [4.69, 9.17) is 0 Å². The molecular formula is C17H26N4O3S. The fraction of sp³-hybridized carbons (Fsp3) is 0.647. The second kappa shape index (κ2) is 7.70. The summed E-state index contributed by atoms with van der Waals surface area (Å²) in [5.74, 6) is 1.09. The number of hydrogen-bond donors (Lipinski definition) is 0. The summed E-state index contributed by atoms with van der Waals surface area (Å²) in [5, 5.41) is 0. The summed E-state index contributed by atoms with van der Waals surface area (Å²) in [7, 11) is -3.16. The van der Waals surface area contributed by atoms with Gasteiger partial charge in [0, 0.05) is 51.9 Å². The Morgan fingerprint density at radius 2 is 1.80 bits per heavy atom. The molecule has 0 saturated carbocycles. The van der Waals surface area contributed by atoms with Crippen LogP contribution in [0.4, 0.5) is 5.82 Å². The van der Waals surface area contributed by atoms with Crippen molar-refractivity contribution in [3.63, 3.8) is 0 Å². The lowest BCUT2D eigenvalue weighted by atomic mass is 10.1. The van der Waals surface area contributed by atoms with Gasteiger partial charge in [-0.15, -0.1) is 0 Å². The molecule has 0 unspecified atom stereocenters. The highest BCUT2D eigenvalue weighted by atomic mass is 32.2. The second-order valence-corrected chi connectivity index (χ2v) is 8.74. The molecule has 2 fully saturated rings. The zero-order valence-electron chi connectivity index (χ0n) is 14.7. The van der Waals surface area contributed by atoms with Crippen LogP contribution in [0.15, 0.2) is 18.3 Å². The van der Waals surface area contributed by atoms with Gasteiger partial charge in [-0.05, 0) is 37.0 Å². The summed E-state index contributed by atoms with van der Waals surface area (Å²) in [5.41, 5.74) is 1.13. The molecule has 2 saturated heterocycles. The number of sulfonamides is 1. The van der Waals surface area contributed by atoms with Gasteiger partial charge in [-0.25, -0.2) is 13.4 Å². The van der Waals surface area contributed by atoms with E-state index in [-0.39, 0.29) is 5.91 Å². The first-order valence-electron chi connectivity index (χ1n) is 8.86. The quantitative estimate of drug-likeness (QED) is 0.768. The molecule has 0 aromatic carbocycles. The molecule has 3 rings (SSSR count). The van der Waals surface area contributed by atoms with Crippen molar-refractivity contribution in [2.24, 2.45) is 0 Å². The molecule has 1 amide bonds. The molecular weight excluding hydrogens is 340 g/mol. The highest BCUT2D eigenvalue weighted by Crippen LogP contribution is 2.19. The first kappa shape index (κ1) is 18.1. The number of nitrogens with zero attached hydrogens (tertiary/aromatic N) is 4. The molecule has 0 atom stereocenters. The van der Waals surface area contributed by atoms with Crippen LogP contribution in [0.25, 0.3) is 0 Å². The number of pyridine rings is 1. The number of carbonyl (C=O) groups excluding carboxylic acids is 1. The van der Waals surface area contributed by atoms with Gasteiger partial charge >= 0.3 is 0 Å². The zero-order valence-corrected chi connectivity index (χ0v) is 15.5. The van der Waals surface area contributed by atoms with Crippen molar-refractivity contribution in [3.05, 3.63) is 23.9 Å². The lowest BCUT2D eigenvalue weighted by Gasteiger charge is -2.33. The van der Waals surface area contributed by atoms with Crippen molar-refractivity contribution >= 4 is 21.7 Å². The Morgan fingerprint density at radius 1 is 1.12 bits per heavy atom. The van der Waals surface area contributed by atoms with Crippen molar-refractivity contribution < 1.29 is 13.2 Å². The fourth-order valence-corrected chi connectivity index (χ4v) is 4.24. The maximum absolute atomic E-state index is 12.4. The van der Waals surface area contributed by atoms with Gasteiger partial charge < -0.3 is 9.80 Å². The lowest BCUT2D eigenvalue weighted by molar-refractivity contribution is -0.132. The first-order chi connectivity index (χ1) is 11.9. The van der Waals surface area contributed by atoms with Crippen molar-refractivity contribution in [1.82, 2.24) is 14.2 Å². The SMILES string of the molecule is CS(=O)(=O)N1CCN(C(=O)CCc2ccnc(N3CCCC3)c2)CC1. The van der Waals surface area contributed by atoms with Crippen LogP contribution < -0.4 is 4.90 Å². The lowest BCUT2D eigenvalue weighted by Crippen LogP contribution is -2.50. The Kier molecular flexibility index (Phi) is 5.58. The molecule has 2 aliphatic heterocycles. The molecule has 0 N–H and O–H groups in total. The Balaban J connectivity index is 1.50. The number of rotatable bonds is 5. The summed E-state index contributed by atoms with van der Waals surface area (Å²) in [6.07, 6.45) is 6.59. The highest BCUT2D eigenvalue weighted by Gasteiger charge is 2.25. The average Bonchev–Trinajstić information content (AvgIpc) is 3.14. The van der Waals surface area contributed by atoms with Crippen LogP contribution >= 0.6 is 0 Å². The topological polar surface area (TPSA) is 73.8 Å². The minimum absolute atomic E-state index is 0.0904. The van der Waals surface area contributed by atoms with Crippen molar-refractivity contribution in [2.45, 2.75) is 25.7 Å². The molecule has 0 spiro atoms. The Bertz CT molecular complexity index is 708. The van der Waals surface area contributed by atoms with E-state index in [1.54, 1.807) is 4.90 Å². The number of hydrogen-bond acceptors (Lipinski definition) is 5. The smallest absolute Gasteiger partial charge is 0.222 e. The van der Waals surface area contributed by atoms with Crippen molar-refractivity contribution in [3.8, 4) is 0 Å². The van der Waals surface area contributed by atoms with Crippen molar-refractivity contribution in [1.29, 1.82) is 0 Å². The fourth-order valence-electron chi connectivity index (χ4n) is 3.41. The molecule has 1 aromatic rings. The minimum atomic E-state index is -3.16. The molecule has 0 bridgehead atoms. The number of anilines is 1. The van der Waals surface area contributed by atoms with Gasteiger partial charge in [0.25, 0.3) is 0 Å². The van der Waals surface area contributed by atoms with E-state index in [2.05, 4.69) is 16.0 Å². The standard InChI is InChI=1S/C17H26N4O3S/c1-25(23,24)21-12-10-20(11-13-21)17(22)5-4-15-6-7-18-16(14-15)19-8-2-3-9-19/h6-7,14H,2-5,8-13H2,1H3. The van der Waals surface area contributed by atoms with Gasteiger partial charge in [0.05, 0.1) is 6.26 Å². The number of piperazine rings is 1. The van der Waals surface area contributed by atoms with E-state index < -0.39 is 10.0 Å². The number of aryl methyl sites for hydroxylation is 1.